The van der Waals surface area contributed by atoms with Crippen LogP contribution in [-0.4, -0.2) is 37.1 Å². The molecule has 0 unspecified atom stereocenters. The van der Waals surface area contributed by atoms with E-state index in [9.17, 15) is 4.79 Å². The Morgan fingerprint density at radius 2 is 2.05 bits per heavy atom. The second kappa shape index (κ2) is 7.23. The molecule has 1 heterocycles. The summed E-state index contributed by atoms with van der Waals surface area (Å²) in [6.07, 6.45) is 4.14. The number of hydrogen-bond donors (Lipinski definition) is 0. The molecule has 0 atom stereocenters. The van der Waals surface area contributed by atoms with Crippen LogP contribution in [0.2, 0.25) is 0 Å². The topological polar surface area (TPSA) is 29.5 Å². The van der Waals surface area contributed by atoms with Crippen LogP contribution in [0, 0.1) is 0 Å². The van der Waals surface area contributed by atoms with Crippen molar-refractivity contribution in [1.29, 1.82) is 0 Å². The fourth-order valence-corrected chi connectivity index (χ4v) is 4.00. The molecule has 0 radical (unpaired) electrons. The molecule has 1 aromatic rings. The van der Waals surface area contributed by atoms with Gasteiger partial charge < -0.3 is 9.64 Å². The zero-order chi connectivity index (χ0) is 14.4. The predicted molar refractivity (Wildman–Crippen MR) is 83.2 cm³/mol. The van der Waals surface area contributed by atoms with Gasteiger partial charge in [-0.05, 0) is 37.4 Å². The molecule has 112 valence electrons. The van der Waals surface area contributed by atoms with Gasteiger partial charge in [0, 0.05) is 11.4 Å². The maximum Gasteiger partial charge on any atom is 0.317 e. The fraction of sp³-hybridized carbons (Fsp3) is 0.688. The van der Waals surface area contributed by atoms with Crippen LogP contribution in [0.3, 0.4) is 0 Å². The van der Waals surface area contributed by atoms with Crippen molar-refractivity contribution in [2.45, 2.75) is 44.9 Å². The van der Waals surface area contributed by atoms with Gasteiger partial charge in [-0.3, -0.25) is 4.79 Å². The van der Waals surface area contributed by atoms with Crippen molar-refractivity contribution in [3.8, 4) is 0 Å². The third-order valence-electron chi connectivity index (χ3n) is 4.38. The molecule has 0 N–H and O–H groups in total. The number of hydrogen-bond acceptors (Lipinski definition) is 4. The highest BCUT2D eigenvalue weighted by atomic mass is 32.1. The molecule has 0 spiro atoms. The monoisotopic (exact) mass is 295 g/mol. The molecule has 1 aliphatic rings. The van der Waals surface area contributed by atoms with Crippen molar-refractivity contribution in [2.75, 3.05) is 26.2 Å². The predicted octanol–water partition coefficient (Wildman–Crippen LogP) is 3.44. The van der Waals surface area contributed by atoms with Gasteiger partial charge in [-0.25, -0.2) is 0 Å². The molecular weight excluding hydrogens is 270 g/mol. The molecule has 0 amide bonds. The molecule has 1 fully saturated rings. The Hall–Kier alpha value is -0.870. The largest absolute Gasteiger partial charge is 0.464 e. The summed E-state index contributed by atoms with van der Waals surface area (Å²) in [6.45, 7) is 7.62. The lowest BCUT2D eigenvalue weighted by Crippen LogP contribution is -2.36. The lowest BCUT2D eigenvalue weighted by molar-refractivity contribution is -0.150. The van der Waals surface area contributed by atoms with Gasteiger partial charge in [-0.1, -0.05) is 32.8 Å². The van der Waals surface area contributed by atoms with Gasteiger partial charge in [-0.15, -0.1) is 11.3 Å². The summed E-state index contributed by atoms with van der Waals surface area (Å²) in [5.41, 5.74) is -0.350. The molecule has 1 aromatic heterocycles. The molecular formula is C16H25NO2S. The molecule has 0 aromatic carbocycles. The van der Waals surface area contributed by atoms with E-state index in [4.69, 9.17) is 4.74 Å². The summed E-state index contributed by atoms with van der Waals surface area (Å²) in [6, 6.07) is 4.12. The summed E-state index contributed by atoms with van der Waals surface area (Å²) in [5, 5.41) is 2.05. The molecule has 0 saturated heterocycles. The van der Waals surface area contributed by atoms with Gasteiger partial charge in [0.05, 0.1) is 0 Å². The first-order valence-electron chi connectivity index (χ1n) is 7.66. The first kappa shape index (κ1) is 15.5. The van der Waals surface area contributed by atoms with Crippen LogP contribution < -0.4 is 0 Å². The number of carbonyl (C=O) groups excluding carboxylic acids is 1. The Kier molecular flexibility index (Phi) is 5.61. The first-order chi connectivity index (χ1) is 9.73. The highest BCUT2D eigenvalue weighted by molar-refractivity contribution is 7.10. The number of nitrogens with zero attached hydrogens (tertiary/aromatic N) is 1. The van der Waals surface area contributed by atoms with Crippen LogP contribution in [0.5, 0.6) is 0 Å². The Labute approximate surface area is 125 Å². The van der Waals surface area contributed by atoms with E-state index >= 15 is 0 Å². The summed E-state index contributed by atoms with van der Waals surface area (Å²) in [5.74, 6) is -0.00962. The van der Waals surface area contributed by atoms with E-state index in [0.717, 1.165) is 45.3 Å². The lowest BCUT2D eigenvalue weighted by Gasteiger charge is -2.26. The molecule has 3 nitrogen and oxygen atoms in total. The van der Waals surface area contributed by atoms with E-state index in [1.165, 1.54) is 4.88 Å². The van der Waals surface area contributed by atoms with Gasteiger partial charge >= 0.3 is 5.97 Å². The highest BCUT2D eigenvalue weighted by Crippen LogP contribution is 2.44. The quantitative estimate of drug-likeness (QED) is 0.722. The van der Waals surface area contributed by atoms with Crippen LogP contribution in [0.1, 0.15) is 44.4 Å². The van der Waals surface area contributed by atoms with Gasteiger partial charge in [0.2, 0.25) is 0 Å². The van der Waals surface area contributed by atoms with Crippen LogP contribution in [0.15, 0.2) is 17.5 Å². The van der Waals surface area contributed by atoms with Crippen molar-refractivity contribution in [1.82, 2.24) is 4.90 Å². The second-order valence-electron chi connectivity index (χ2n) is 5.43. The van der Waals surface area contributed by atoms with E-state index in [0.29, 0.717) is 6.61 Å². The van der Waals surface area contributed by atoms with E-state index in [2.05, 4.69) is 30.2 Å². The average Bonchev–Trinajstić information content (AvgIpc) is 3.14. The summed E-state index contributed by atoms with van der Waals surface area (Å²) in [4.78, 5) is 16.1. The maximum atomic E-state index is 12.6. The van der Waals surface area contributed by atoms with Crippen LogP contribution in [-0.2, 0) is 14.9 Å². The maximum absolute atomic E-state index is 12.6. The van der Waals surface area contributed by atoms with E-state index in [-0.39, 0.29) is 11.4 Å². The molecule has 20 heavy (non-hydrogen) atoms. The minimum atomic E-state index is -0.350. The smallest absolute Gasteiger partial charge is 0.317 e. The van der Waals surface area contributed by atoms with Gasteiger partial charge in [-0.2, -0.15) is 0 Å². The van der Waals surface area contributed by atoms with Crippen molar-refractivity contribution in [3.05, 3.63) is 22.4 Å². The van der Waals surface area contributed by atoms with Crippen molar-refractivity contribution >= 4 is 17.3 Å². The Morgan fingerprint density at radius 1 is 1.35 bits per heavy atom. The SMILES string of the molecule is CCN(CC)CCOC(=O)C1(c2cccs2)CCCC1. The fourth-order valence-electron chi connectivity index (χ4n) is 3.03. The normalized spacial score (nSPS) is 17.6. The minimum absolute atomic E-state index is 0.00962. The summed E-state index contributed by atoms with van der Waals surface area (Å²) >= 11 is 1.68. The summed E-state index contributed by atoms with van der Waals surface area (Å²) < 4.78 is 5.61. The molecule has 1 saturated carbocycles. The number of esters is 1. The van der Waals surface area contributed by atoms with Crippen LogP contribution in [0.25, 0.3) is 0 Å². The molecule has 1 aliphatic carbocycles. The molecule has 0 bridgehead atoms. The number of ether oxygens (including phenoxy) is 1. The lowest BCUT2D eigenvalue weighted by atomic mass is 9.84. The van der Waals surface area contributed by atoms with E-state index in [1.54, 1.807) is 11.3 Å². The number of carbonyl (C=O) groups is 1. The van der Waals surface area contributed by atoms with Crippen molar-refractivity contribution in [2.24, 2.45) is 0 Å². The molecule has 2 rings (SSSR count). The Morgan fingerprint density at radius 3 is 2.60 bits per heavy atom. The Balaban J connectivity index is 1.95. The number of rotatable bonds is 7. The zero-order valence-corrected chi connectivity index (χ0v) is 13.4. The van der Waals surface area contributed by atoms with Crippen molar-refractivity contribution in [3.63, 3.8) is 0 Å². The average molecular weight is 295 g/mol. The number of thiophene rings is 1. The highest BCUT2D eigenvalue weighted by Gasteiger charge is 2.44. The van der Waals surface area contributed by atoms with E-state index < -0.39 is 0 Å². The third kappa shape index (κ3) is 3.23. The van der Waals surface area contributed by atoms with Crippen LogP contribution in [0.4, 0.5) is 0 Å². The van der Waals surface area contributed by atoms with Gasteiger partial charge in [0.1, 0.15) is 12.0 Å². The zero-order valence-electron chi connectivity index (χ0n) is 12.6. The number of likely N-dealkylation sites (N-methyl/N-ethyl adjacent to an activating group) is 1. The van der Waals surface area contributed by atoms with Crippen LogP contribution >= 0.6 is 11.3 Å². The second-order valence-corrected chi connectivity index (χ2v) is 6.38. The van der Waals surface area contributed by atoms with E-state index in [1.807, 2.05) is 6.07 Å². The molecule has 4 heteroatoms. The molecule has 0 aliphatic heterocycles. The summed E-state index contributed by atoms with van der Waals surface area (Å²) in [7, 11) is 0. The van der Waals surface area contributed by atoms with Gasteiger partial charge in [0.15, 0.2) is 0 Å². The van der Waals surface area contributed by atoms with Gasteiger partial charge in [0.25, 0.3) is 0 Å². The first-order valence-corrected chi connectivity index (χ1v) is 8.54. The Bertz CT molecular complexity index is 406. The van der Waals surface area contributed by atoms with Crippen molar-refractivity contribution < 1.29 is 9.53 Å². The minimum Gasteiger partial charge on any atom is -0.464 e. The third-order valence-corrected chi connectivity index (χ3v) is 5.45. The standard InChI is InChI=1S/C16H25NO2S/c1-3-17(4-2)11-12-19-15(18)16(9-5-6-10-16)14-8-7-13-20-14/h7-8,13H,3-6,9-12H2,1-2H3.